The summed E-state index contributed by atoms with van der Waals surface area (Å²) in [6.07, 6.45) is 0. The van der Waals surface area contributed by atoms with E-state index in [-0.39, 0.29) is 23.0 Å². The first-order valence-electron chi connectivity index (χ1n) is 10.5. The molecule has 4 aromatic rings. The Morgan fingerprint density at radius 1 is 0.971 bits per heavy atom. The van der Waals surface area contributed by atoms with E-state index in [2.05, 4.69) is 15.5 Å². The predicted molar refractivity (Wildman–Crippen MR) is 132 cm³/mol. The number of rotatable bonds is 8. The molecule has 1 amide bonds. The Morgan fingerprint density at radius 2 is 1.69 bits per heavy atom. The van der Waals surface area contributed by atoms with Crippen LogP contribution in [0.5, 0.6) is 11.5 Å². The van der Waals surface area contributed by atoms with Crippen LogP contribution >= 0.6 is 11.8 Å². The lowest BCUT2D eigenvalue weighted by Gasteiger charge is -2.14. The van der Waals surface area contributed by atoms with Gasteiger partial charge in [0.1, 0.15) is 11.5 Å². The van der Waals surface area contributed by atoms with E-state index in [0.29, 0.717) is 33.7 Å². The zero-order valence-electron chi connectivity index (χ0n) is 19.0. The molecule has 2 N–H and O–H groups in total. The molecule has 10 heteroatoms. The van der Waals surface area contributed by atoms with E-state index < -0.39 is 5.97 Å². The Labute approximate surface area is 205 Å². The van der Waals surface area contributed by atoms with Gasteiger partial charge in [-0.15, -0.1) is 10.2 Å². The molecule has 0 aliphatic rings. The number of nitrogens with one attached hydrogen (secondary N) is 1. The van der Waals surface area contributed by atoms with Gasteiger partial charge in [-0.25, -0.2) is 4.79 Å². The van der Waals surface area contributed by atoms with Crippen LogP contribution in [0.3, 0.4) is 0 Å². The minimum atomic E-state index is -0.545. The minimum absolute atomic E-state index is 0.0104. The number of hydrogen-bond donors (Lipinski definition) is 2. The summed E-state index contributed by atoms with van der Waals surface area (Å²) in [7, 11) is 2.84. The summed E-state index contributed by atoms with van der Waals surface area (Å²) in [6, 6.07) is 20.7. The molecule has 0 fully saturated rings. The van der Waals surface area contributed by atoms with Crippen molar-refractivity contribution in [1.29, 1.82) is 0 Å². The number of thioether (sulfide) groups is 1. The highest BCUT2D eigenvalue weighted by Gasteiger charge is 2.22. The fourth-order valence-electron chi connectivity index (χ4n) is 3.43. The molecule has 0 spiro atoms. The van der Waals surface area contributed by atoms with Crippen LogP contribution in [0.4, 0.5) is 5.69 Å². The van der Waals surface area contributed by atoms with Gasteiger partial charge >= 0.3 is 5.97 Å². The fourth-order valence-corrected chi connectivity index (χ4v) is 4.17. The van der Waals surface area contributed by atoms with Crippen LogP contribution in [-0.2, 0) is 9.53 Å². The SMILES string of the molecule is COC(=O)c1ccccc1NC(=O)CSc1nnc(-c2ccccc2O)n1-c1ccccc1OC. The molecule has 0 radical (unpaired) electrons. The van der Waals surface area contributed by atoms with Gasteiger partial charge in [-0.3, -0.25) is 9.36 Å². The normalized spacial score (nSPS) is 10.6. The number of aromatic nitrogens is 3. The van der Waals surface area contributed by atoms with Gasteiger partial charge in [0.15, 0.2) is 11.0 Å². The molecule has 3 aromatic carbocycles. The van der Waals surface area contributed by atoms with Crippen LogP contribution in [0, 0.1) is 0 Å². The quantitative estimate of drug-likeness (QED) is 0.279. The smallest absolute Gasteiger partial charge is 0.339 e. The van der Waals surface area contributed by atoms with E-state index in [9.17, 15) is 14.7 Å². The van der Waals surface area contributed by atoms with E-state index >= 15 is 0 Å². The molecule has 9 nitrogen and oxygen atoms in total. The maximum absolute atomic E-state index is 12.7. The molecule has 178 valence electrons. The monoisotopic (exact) mass is 490 g/mol. The van der Waals surface area contributed by atoms with Gasteiger partial charge in [0.05, 0.1) is 42.5 Å². The summed E-state index contributed by atoms with van der Waals surface area (Å²) in [5.41, 5.74) is 1.74. The van der Waals surface area contributed by atoms with E-state index in [1.54, 1.807) is 66.3 Å². The second-order valence-electron chi connectivity index (χ2n) is 7.20. The van der Waals surface area contributed by atoms with E-state index in [1.807, 2.05) is 18.2 Å². The average molecular weight is 491 g/mol. The maximum atomic E-state index is 12.7. The molecule has 0 atom stereocenters. The van der Waals surface area contributed by atoms with Crippen LogP contribution in [-0.4, -0.2) is 51.7 Å². The van der Waals surface area contributed by atoms with Gasteiger partial charge in [0.2, 0.25) is 5.91 Å². The average Bonchev–Trinajstić information content (AvgIpc) is 3.31. The third-order valence-corrected chi connectivity index (χ3v) is 5.97. The lowest BCUT2D eigenvalue weighted by molar-refractivity contribution is -0.113. The number of ether oxygens (including phenoxy) is 2. The van der Waals surface area contributed by atoms with Crippen molar-refractivity contribution < 1.29 is 24.2 Å². The number of methoxy groups -OCH3 is 2. The van der Waals surface area contributed by atoms with Gasteiger partial charge in [-0.05, 0) is 36.4 Å². The van der Waals surface area contributed by atoms with Crippen molar-refractivity contribution in [3.8, 4) is 28.6 Å². The number of hydrogen-bond acceptors (Lipinski definition) is 8. The van der Waals surface area contributed by atoms with Crippen molar-refractivity contribution >= 4 is 29.3 Å². The first kappa shape index (κ1) is 23.8. The van der Waals surface area contributed by atoms with Gasteiger partial charge in [0, 0.05) is 0 Å². The van der Waals surface area contributed by atoms with Crippen molar-refractivity contribution in [2.75, 3.05) is 25.3 Å². The summed E-state index contributed by atoms with van der Waals surface area (Å²) in [5, 5.41) is 22.2. The Bertz CT molecular complexity index is 1370. The summed E-state index contributed by atoms with van der Waals surface area (Å²) < 4.78 is 12.0. The Balaban J connectivity index is 1.64. The fraction of sp³-hybridized carbons (Fsp3) is 0.120. The molecule has 4 rings (SSSR count). The van der Waals surface area contributed by atoms with Crippen molar-refractivity contribution in [3.63, 3.8) is 0 Å². The Morgan fingerprint density at radius 3 is 2.46 bits per heavy atom. The third kappa shape index (κ3) is 5.12. The predicted octanol–water partition coefficient (Wildman–Crippen LogP) is 4.17. The van der Waals surface area contributed by atoms with Gasteiger partial charge in [-0.1, -0.05) is 48.2 Å². The number of carbonyl (C=O) groups is 2. The van der Waals surface area contributed by atoms with Gasteiger partial charge in [0.25, 0.3) is 0 Å². The van der Waals surface area contributed by atoms with E-state index in [0.717, 1.165) is 11.8 Å². The number of esters is 1. The van der Waals surface area contributed by atoms with Crippen LogP contribution in [0.1, 0.15) is 10.4 Å². The highest BCUT2D eigenvalue weighted by Crippen LogP contribution is 2.35. The Hall–Kier alpha value is -4.31. The van der Waals surface area contributed by atoms with Crippen molar-refractivity contribution in [3.05, 3.63) is 78.4 Å². The third-order valence-electron chi connectivity index (χ3n) is 5.04. The van der Waals surface area contributed by atoms with Crippen molar-refractivity contribution in [2.24, 2.45) is 0 Å². The first-order chi connectivity index (χ1) is 17.0. The topological polar surface area (TPSA) is 116 Å². The van der Waals surface area contributed by atoms with Crippen molar-refractivity contribution in [1.82, 2.24) is 14.8 Å². The zero-order valence-corrected chi connectivity index (χ0v) is 19.8. The number of amides is 1. The summed E-state index contributed by atoms with van der Waals surface area (Å²) in [5.74, 6) is 0.115. The summed E-state index contributed by atoms with van der Waals surface area (Å²) in [4.78, 5) is 24.7. The number of benzene rings is 3. The molecule has 0 unspecified atom stereocenters. The number of carbonyl (C=O) groups excluding carboxylic acids is 2. The van der Waals surface area contributed by atoms with Crippen LogP contribution in [0.15, 0.2) is 78.0 Å². The number of aromatic hydroxyl groups is 1. The molecule has 1 heterocycles. The highest BCUT2D eigenvalue weighted by atomic mass is 32.2. The second-order valence-corrected chi connectivity index (χ2v) is 8.15. The summed E-state index contributed by atoms with van der Waals surface area (Å²) >= 11 is 1.15. The lowest BCUT2D eigenvalue weighted by atomic mass is 10.2. The van der Waals surface area contributed by atoms with E-state index in [4.69, 9.17) is 9.47 Å². The second kappa shape index (κ2) is 10.7. The van der Waals surface area contributed by atoms with Crippen LogP contribution in [0.2, 0.25) is 0 Å². The number of para-hydroxylation sites is 4. The van der Waals surface area contributed by atoms with Gasteiger partial charge < -0.3 is 19.9 Å². The molecule has 1 aromatic heterocycles. The molecular formula is C25H22N4O5S. The molecule has 0 bridgehead atoms. The standard InChI is InChI=1S/C25H22N4O5S/c1-33-21-14-8-6-12-19(21)29-23(17-10-4-7-13-20(17)30)27-28-25(29)35-15-22(31)26-18-11-5-3-9-16(18)24(32)34-2/h3-14,30H,15H2,1-2H3,(H,26,31). The Kier molecular flexibility index (Phi) is 7.32. The van der Waals surface area contributed by atoms with E-state index in [1.165, 1.54) is 7.11 Å². The minimum Gasteiger partial charge on any atom is -0.507 e. The maximum Gasteiger partial charge on any atom is 0.339 e. The molecule has 0 saturated carbocycles. The lowest BCUT2D eigenvalue weighted by Crippen LogP contribution is -2.17. The van der Waals surface area contributed by atoms with Crippen molar-refractivity contribution in [2.45, 2.75) is 5.16 Å². The largest absolute Gasteiger partial charge is 0.507 e. The first-order valence-corrected chi connectivity index (χ1v) is 11.5. The number of phenols is 1. The summed E-state index contributed by atoms with van der Waals surface area (Å²) in [6.45, 7) is 0. The molecule has 0 aliphatic carbocycles. The van der Waals surface area contributed by atoms with Gasteiger partial charge in [-0.2, -0.15) is 0 Å². The molecule has 0 saturated heterocycles. The van der Waals surface area contributed by atoms with Crippen LogP contribution in [0.25, 0.3) is 17.1 Å². The number of phenolic OH excluding ortho intramolecular Hbond substituents is 1. The number of anilines is 1. The highest BCUT2D eigenvalue weighted by molar-refractivity contribution is 7.99. The number of nitrogens with zero attached hydrogens (tertiary/aromatic N) is 3. The zero-order chi connectivity index (χ0) is 24.8. The van der Waals surface area contributed by atoms with Crippen LogP contribution < -0.4 is 10.1 Å². The molecular weight excluding hydrogens is 468 g/mol. The molecule has 35 heavy (non-hydrogen) atoms. The molecule has 0 aliphatic heterocycles.